The summed E-state index contributed by atoms with van der Waals surface area (Å²) in [5, 5.41) is 23.4. The Morgan fingerprint density at radius 1 is 1.12 bits per heavy atom. The molecule has 1 heterocycles. The van der Waals surface area contributed by atoms with Crippen LogP contribution < -0.4 is 10.8 Å². The standard InChI is InChI=1S/C18H17BN2O3/c1-12-8-13(2-5-17(12)19(23)24)9-18(22)21-16-4-3-15-11-20-7-6-14(15)10-16/h2-8,10-11,23-24H,9H2,1H3,(H,21,22). The number of hydrogen-bond donors (Lipinski definition) is 3. The van der Waals surface area contributed by atoms with Crippen molar-refractivity contribution in [1.82, 2.24) is 4.98 Å². The number of hydrogen-bond acceptors (Lipinski definition) is 4. The van der Waals surface area contributed by atoms with E-state index in [4.69, 9.17) is 0 Å². The molecule has 0 saturated carbocycles. The monoisotopic (exact) mass is 320 g/mol. The zero-order valence-corrected chi connectivity index (χ0v) is 13.2. The highest BCUT2D eigenvalue weighted by Gasteiger charge is 2.14. The smallest absolute Gasteiger partial charge is 0.423 e. The lowest BCUT2D eigenvalue weighted by atomic mass is 9.77. The topological polar surface area (TPSA) is 82.5 Å². The summed E-state index contributed by atoms with van der Waals surface area (Å²) in [6.45, 7) is 1.79. The molecule has 5 nitrogen and oxygen atoms in total. The van der Waals surface area contributed by atoms with E-state index in [-0.39, 0.29) is 12.3 Å². The van der Waals surface area contributed by atoms with Crippen LogP contribution in [-0.2, 0) is 11.2 Å². The Labute approximate surface area is 140 Å². The van der Waals surface area contributed by atoms with Gasteiger partial charge >= 0.3 is 7.12 Å². The first-order valence-corrected chi connectivity index (χ1v) is 7.62. The van der Waals surface area contributed by atoms with Crippen molar-refractivity contribution in [2.24, 2.45) is 0 Å². The number of anilines is 1. The van der Waals surface area contributed by atoms with Crippen molar-refractivity contribution in [1.29, 1.82) is 0 Å². The van der Waals surface area contributed by atoms with Crippen LogP contribution in [0.3, 0.4) is 0 Å². The molecule has 0 saturated heterocycles. The zero-order valence-electron chi connectivity index (χ0n) is 13.2. The molecule has 0 radical (unpaired) electrons. The van der Waals surface area contributed by atoms with Crippen LogP contribution >= 0.6 is 0 Å². The van der Waals surface area contributed by atoms with E-state index in [9.17, 15) is 14.8 Å². The van der Waals surface area contributed by atoms with E-state index in [0.717, 1.165) is 27.6 Å². The summed E-state index contributed by atoms with van der Waals surface area (Å²) in [5.41, 5.74) is 2.74. The van der Waals surface area contributed by atoms with E-state index < -0.39 is 7.12 Å². The predicted octanol–water partition coefficient (Wildman–Crippen LogP) is 1.40. The van der Waals surface area contributed by atoms with Crippen LogP contribution in [0.15, 0.2) is 54.9 Å². The molecule has 24 heavy (non-hydrogen) atoms. The molecule has 0 aliphatic carbocycles. The Kier molecular flexibility index (Phi) is 4.60. The Morgan fingerprint density at radius 3 is 2.71 bits per heavy atom. The third-order valence-electron chi connectivity index (χ3n) is 3.90. The predicted molar refractivity (Wildman–Crippen MR) is 95.1 cm³/mol. The largest absolute Gasteiger partial charge is 0.488 e. The maximum atomic E-state index is 12.2. The summed E-state index contributed by atoms with van der Waals surface area (Å²) < 4.78 is 0. The van der Waals surface area contributed by atoms with Crippen molar-refractivity contribution in [3.8, 4) is 0 Å². The first-order valence-electron chi connectivity index (χ1n) is 7.62. The Bertz CT molecular complexity index is 896. The fourth-order valence-electron chi connectivity index (χ4n) is 2.69. The van der Waals surface area contributed by atoms with Crippen molar-refractivity contribution in [2.75, 3.05) is 5.32 Å². The van der Waals surface area contributed by atoms with E-state index in [1.165, 1.54) is 0 Å². The van der Waals surface area contributed by atoms with Crippen molar-refractivity contribution in [2.45, 2.75) is 13.3 Å². The zero-order chi connectivity index (χ0) is 17.1. The van der Waals surface area contributed by atoms with Crippen LogP contribution in [-0.4, -0.2) is 28.1 Å². The molecule has 0 unspecified atom stereocenters. The molecule has 1 aromatic heterocycles. The van der Waals surface area contributed by atoms with E-state index in [2.05, 4.69) is 10.3 Å². The summed E-state index contributed by atoms with van der Waals surface area (Å²) in [7, 11) is -1.50. The lowest BCUT2D eigenvalue weighted by Crippen LogP contribution is -2.32. The maximum absolute atomic E-state index is 12.2. The van der Waals surface area contributed by atoms with Gasteiger partial charge in [-0.05, 0) is 41.5 Å². The molecule has 0 bridgehead atoms. The van der Waals surface area contributed by atoms with Gasteiger partial charge in [0.05, 0.1) is 6.42 Å². The molecule has 0 aliphatic rings. The van der Waals surface area contributed by atoms with Gasteiger partial charge in [0.2, 0.25) is 5.91 Å². The van der Waals surface area contributed by atoms with Gasteiger partial charge in [0, 0.05) is 23.5 Å². The van der Waals surface area contributed by atoms with Crippen LogP contribution in [0.1, 0.15) is 11.1 Å². The number of aryl methyl sites for hydroxylation is 1. The molecule has 6 heteroatoms. The van der Waals surface area contributed by atoms with Gasteiger partial charge in [-0.25, -0.2) is 0 Å². The van der Waals surface area contributed by atoms with E-state index in [1.807, 2.05) is 24.3 Å². The minimum Gasteiger partial charge on any atom is -0.423 e. The van der Waals surface area contributed by atoms with Gasteiger partial charge in [-0.3, -0.25) is 9.78 Å². The van der Waals surface area contributed by atoms with Gasteiger partial charge in [0.1, 0.15) is 0 Å². The number of nitrogens with zero attached hydrogens (tertiary/aromatic N) is 1. The first kappa shape index (κ1) is 16.2. The summed E-state index contributed by atoms with van der Waals surface area (Å²) >= 11 is 0. The molecule has 3 N–H and O–H groups in total. The van der Waals surface area contributed by atoms with E-state index >= 15 is 0 Å². The average molecular weight is 320 g/mol. The number of aromatic nitrogens is 1. The van der Waals surface area contributed by atoms with Crippen LogP contribution in [0.4, 0.5) is 5.69 Å². The van der Waals surface area contributed by atoms with E-state index in [1.54, 1.807) is 37.5 Å². The number of fused-ring (bicyclic) bond motifs is 1. The van der Waals surface area contributed by atoms with Crippen LogP contribution in [0.25, 0.3) is 10.8 Å². The SMILES string of the molecule is Cc1cc(CC(=O)Nc2ccc3cnccc3c2)ccc1B(O)O. The molecule has 3 aromatic rings. The van der Waals surface area contributed by atoms with Gasteiger partial charge in [-0.2, -0.15) is 0 Å². The quantitative estimate of drug-likeness (QED) is 0.635. The average Bonchev–Trinajstić information content (AvgIpc) is 2.54. The molecule has 120 valence electrons. The molecule has 0 fully saturated rings. The fraction of sp³-hybridized carbons (Fsp3) is 0.111. The number of benzene rings is 2. The molecular formula is C18H17BN2O3. The number of carbonyl (C=O) groups excluding carboxylic acids is 1. The lowest BCUT2D eigenvalue weighted by Gasteiger charge is -2.09. The number of nitrogens with one attached hydrogen (secondary N) is 1. The number of carbonyl (C=O) groups is 1. The first-order chi connectivity index (χ1) is 11.5. The maximum Gasteiger partial charge on any atom is 0.488 e. The number of pyridine rings is 1. The highest BCUT2D eigenvalue weighted by atomic mass is 16.4. The van der Waals surface area contributed by atoms with Crippen LogP contribution in [0.5, 0.6) is 0 Å². The molecule has 0 aliphatic heterocycles. The fourth-order valence-corrected chi connectivity index (χ4v) is 2.69. The third-order valence-corrected chi connectivity index (χ3v) is 3.90. The van der Waals surface area contributed by atoms with Gasteiger partial charge in [0.25, 0.3) is 0 Å². The molecule has 2 aromatic carbocycles. The summed E-state index contributed by atoms with van der Waals surface area (Å²) in [6, 6.07) is 12.7. The summed E-state index contributed by atoms with van der Waals surface area (Å²) in [4.78, 5) is 16.3. The van der Waals surface area contributed by atoms with E-state index in [0.29, 0.717) is 5.46 Å². The number of rotatable bonds is 4. The minimum atomic E-state index is -1.50. The van der Waals surface area contributed by atoms with Gasteiger partial charge < -0.3 is 15.4 Å². The Balaban J connectivity index is 1.71. The van der Waals surface area contributed by atoms with Crippen molar-refractivity contribution >= 4 is 34.9 Å². The highest BCUT2D eigenvalue weighted by molar-refractivity contribution is 6.59. The van der Waals surface area contributed by atoms with Crippen molar-refractivity contribution in [3.63, 3.8) is 0 Å². The van der Waals surface area contributed by atoms with Crippen molar-refractivity contribution < 1.29 is 14.8 Å². The van der Waals surface area contributed by atoms with Crippen LogP contribution in [0.2, 0.25) is 0 Å². The molecule has 3 rings (SSSR count). The van der Waals surface area contributed by atoms with Crippen molar-refractivity contribution in [3.05, 3.63) is 66.0 Å². The van der Waals surface area contributed by atoms with Gasteiger partial charge in [-0.1, -0.05) is 29.8 Å². The third kappa shape index (κ3) is 3.61. The van der Waals surface area contributed by atoms with Gasteiger partial charge in [-0.15, -0.1) is 0 Å². The van der Waals surface area contributed by atoms with Crippen LogP contribution in [0, 0.1) is 6.92 Å². The Hall–Kier alpha value is -2.70. The summed E-state index contributed by atoms with van der Waals surface area (Å²) in [6.07, 6.45) is 3.71. The summed E-state index contributed by atoms with van der Waals surface area (Å²) in [5.74, 6) is -0.125. The van der Waals surface area contributed by atoms with Gasteiger partial charge in [0.15, 0.2) is 0 Å². The second-order valence-corrected chi connectivity index (χ2v) is 5.73. The molecule has 0 atom stereocenters. The molecule has 1 amide bonds. The number of amides is 1. The normalized spacial score (nSPS) is 10.6. The lowest BCUT2D eigenvalue weighted by molar-refractivity contribution is -0.115. The molecule has 0 spiro atoms. The Morgan fingerprint density at radius 2 is 1.96 bits per heavy atom. The molecular weight excluding hydrogens is 303 g/mol. The minimum absolute atomic E-state index is 0.125. The second kappa shape index (κ2) is 6.82. The highest BCUT2D eigenvalue weighted by Crippen LogP contribution is 2.18. The second-order valence-electron chi connectivity index (χ2n) is 5.73.